The lowest BCUT2D eigenvalue weighted by Gasteiger charge is -2.11. The van der Waals surface area contributed by atoms with E-state index in [1.54, 1.807) is 24.3 Å². The molecule has 1 aromatic heterocycles. The summed E-state index contributed by atoms with van der Waals surface area (Å²) in [6, 6.07) is 16.2. The Morgan fingerprint density at radius 3 is 2.43 bits per heavy atom. The van der Waals surface area contributed by atoms with E-state index >= 15 is 0 Å². The molecule has 1 N–H and O–H groups in total. The van der Waals surface area contributed by atoms with Crippen LogP contribution in [0.15, 0.2) is 59.4 Å². The van der Waals surface area contributed by atoms with Gasteiger partial charge in [-0.2, -0.15) is 5.10 Å². The van der Waals surface area contributed by atoms with E-state index < -0.39 is 18.5 Å². The molecule has 1 amide bonds. The molecule has 7 heteroatoms. The summed E-state index contributed by atoms with van der Waals surface area (Å²) in [6.07, 6.45) is 2.76. The molecular formula is C23H25N3O4. The van der Waals surface area contributed by atoms with Gasteiger partial charge in [-0.15, -0.1) is 0 Å². The van der Waals surface area contributed by atoms with Gasteiger partial charge in [0.25, 0.3) is 11.5 Å². The van der Waals surface area contributed by atoms with Crippen LogP contribution >= 0.6 is 0 Å². The topological polar surface area (TPSA) is 90.3 Å². The van der Waals surface area contributed by atoms with E-state index in [2.05, 4.69) is 17.3 Å². The maximum Gasteiger partial charge on any atom is 0.359 e. The van der Waals surface area contributed by atoms with Crippen LogP contribution in [0.5, 0.6) is 0 Å². The van der Waals surface area contributed by atoms with Crippen molar-refractivity contribution in [3.63, 3.8) is 0 Å². The van der Waals surface area contributed by atoms with E-state index in [1.165, 1.54) is 4.68 Å². The lowest BCUT2D eigenvalue weighted by atomic mass is 10.1. The first-order valence-electron chi connectivity index (χ1n) is 10.1. The standard InChI is InChI=1S/C23H25N3O4/c1-2-3-9-14-26-22(28)19-13-8-7-12-18(19)21(25-26)23(29)30-16-20(27)24-15-17-10-5-4-6-11-17/h4-8,10-13H,2-3,9,14-16H2,1H3,(H,24,27). The van der Waals surface area contributed by atoms with Crippen molar-refractivity contribution in [1.29, 1.82) is 0 Å². The third-order valence-electron chi connectivity index (χ3n) is 4.70. The van der Waals surface area contributed by atoms with Crippen LogP contribution < -0.4 is 10.9 Å². The first kappa shape index (κ1) is 21.2. The number of nitrogens with zero attached hydrogens (tertiary/aromatic N) is 2. The number of unbranched alkanes of at least 4 members (excludes halogenated alkanes) is 2. The average Bonchev–Trinajstić information content (AvgIpc) is 2.78. The molecule has 0 atom stereocenters. The maximum absolute atomic E-state index is 12.7. The minimum absolute atomic E-state index is 0.0394. The molecule has 7 nitrogen and oxygen atoms in total. The Bertz CT molecular complexity index is 1080. The SMILES string of the molecule is CCCCCn1nc(C(=O)OCC(=O)NCc2ccccc2)c2ccccc2c1=O. The molecule has 0 aliphatic heterocycles. The van der Waals surface area contributed by atoms with Crippen molar-refractivity contribution in [3.8, 4) is 0 Å². The van der Waals surface area contributed by atoms with Crippen LogP contribution in [0.3, 0.4) is 0 Å². The van der Waals surface area contributed by atoms with Gasteiger partial charge in [0.1, 0.15) is 0 Å². The van der Waals surface area contributed by atoms with Crippen molar-refractivity contribution in [3.05, 3.63) is 76.2 Å². The van der Waals surface area contributed by atoms with Gasteiger partial charge in [-0.05, 0) is 18.1 Å². The summed E-state index contributed by atoms with van der Waals surface area (Å²) < 4.78 is 6.49. The van der Waals surface area contributed by atoms with Crippen molar-refractivity contribution in [2.24, 2.45) is 0 Å². The Morgan fingerprint density at radius 1 is 1.00 bits per heavy atom. The lowest BCUT2D eigenvalue weighted by molar-refractivity contribution is -0.124. The van der Waals surface area contributed by atoms with Gasteiger partial charge in [-0.1, -0.05) is 68.3 Å². The minimum Gasteiger partial charge on any atom is -0.451 e. The Balaban J connectivity index is 1.71. The summed E-state index contributed by atoms with van der Waals surface area (Å²) in [5.74, 6) is -1.14. The van der Waals surface area contributed by atoms with Gasteiger partial charge in [-0.25, -0.2) is 9.48 Å². The molecule has 156 valence electrons. The van der Waals surface area contributed by atoms with Gasteiger partial charge in [0.15, 0.2) is 12.3 Å². The summed E-state index contributed by atoms with van der Waals surface area (Å²) in [4.78, 5) is 37.4. The van der Waals surface area contributed by atoms with Crippen LogP contribution in [-0.4, -0.2) is 28.3 Å². The number of amides is 1. The number of esters is 1. The highest BCUT2D eigenvalue weighted by Gasteiger charge is 2.19. The number of carbonyl (C=O) groups excluding carboxylic acids is 2. The third kappa shape index (κ3) is 5.31. The molecular weight excluding hydrogens is 382 g/mol. The summed E-state index contributed by atoms with van der Waals surface area (Å²) >= 11 is 0. The number of aryl methyl sites for hydroxylation is 1. The zero-order valence-corrected chi connectivity index (χ0v) is 17.0. The van der Waals surface area contributed by atoms with Crippen LogP contribution in [0.1, 0.15) is 42.2 Å². The van der Waals surface area contributed by atoms with Gasteiger partial charge < -0.3 is 10.1 Å². The smallest absolute Gasteiger partial charge is 0.359 e. The minimum atomic E-state index is -0.731. The van der Waals surface area contributed by atoms with Crippen molar-refractivity contribution >= 4 is 22.6 Å². The molecule has 0 spiro atoms. The quantitative estimate of drug-likeness (QED) is 0.435. The molecule has 0 fully saturated rings. The van der Waals surface area contributed by atoms with E-state index in [1.807, 2.05) is 30.3 Å². The number of ether oxygens (including phenoxy) is 1. The molecule has 30 heavy (non-hydrogen) atoms. The highest BCUT2D eigenvalue weighted by Crippen LogP contribution is 2.14. The van der Waals surface area contributed by atoms with Crippen LogP contribution in [-0.2, 0) is 22.6 Å². The average molecular weight is 407 g/mol. The first-order chi connectivity index (χ1) is 14.6. The zero-order chi connectivity index (χ0) is 21.3. The van der Waals surface area contributed by atoms with Crippen molar-refractivity contribution in [1.82, 2.24) is 15.1 Å². The number of hydrogen-bond donors (Lipinski definition) is 1. The van der Waals surface area contributed by atoms with Crippen LogP contribution in [0.25, 0.3) is 10.8 Å². The van der Waals surface area contributed by atoms with E-state index in [4.69, 9.17) is 4.74 Å². The predicted octanol–water partition coefficient (Wildman–Crippen LogP) is 3.06. The van der Waals surface area contributed by atoms with E-state index in [0.29, 0.717) is 23.9 Å². The lowest BCUT2D eigenvalue weighted by Crippen LogP contribution is -2.30. The largest absolute Gasteiger partial charge is 0.451 e. The first-order valence-corrected chi connectivity index (χ1v) is 10.1. The third-order valence-corrected chi connectivity index (χ3v) is 4.70. The van der Waals surface area contributed by atoms with Gasteiger partial charge in [0, 0.05) is 18.5 Å². The highest BCUT2D eigenvalue weighted by atomic mass is 16.5. The summed E-state index contributed by atoms with van der Waals surface area (Å²) in [5.41, 5.74) is 0.750. The molecule has 3 rings (SSSR count). The molecule has 1 heterocycles. The Kier molecular flexibility index (Phi) is 7.32. The molecule has 2 aromatic carbocycles. The summed E-state index contributed by atoms with van der Waals surface area (Å²) in [6.45, 7) is 2.43. The van der Waals surface area contributed by atoms with Crippen molar-refractivity contribution in [2.45, 2.75) is 39.3 Å². The second kappa shape index (κ2) is 10.3. The van der Waals surface area contributed by atoms with Gasteiger partial charge in [-0.3, -0.25) is 9.59 Å². The number of nitrogens with one attached hydrogen (secondary N) is 1. The number of benzene rings is 2. The molecule has 0 saturated heterocycles. The number of hydrogen-bond acceptors (Lipinski definition) is 5. The fourth-order valence-corrected chi connectivity index (χ4v) is 3.10. The molecule has 0 unspecified atom stereocenters. The fourth-order valence-electron chi connectivity index (χ4n) is 3.10. The van der Waals surface area contributed by atoms with Gasteiger partial charge in [0.2, 0.25) is 0 Å². The number of aromatic nitrogens is 2. The molecule has 0 saturated carbocycles. The Labute approximate surface area is 174 Å². The highest BCUT2D eigenvalue weighted by molar-refractivity contribution is 6.02. The monoisotopic (exact) mass is 407 g/mol. The fraction of sp³-hybridized carbons (Fsp3) is 0.304. The van der Waals surface area contributed by atoms with E-state index in [-0.39, 0.29) is 11.3 Å². The Morgan fingerprint density at radius 2 is 1.70 bits per heavy atom. The second-order valence-corrected chi connectivity index (χ2v) is 6.97. The number of carbonyl (C=O) groups is 2. The molecule has 0 aliphatic carbocycles. The van der Waals surface area contributed by atoms with E-state index in [0.717, 1.165) is 24.8 Å². The zero-order valence-electron chi connectivity index (χ0n) is 17.0. The number of rotatable bonds is 9. The molecule has 0 aliphatic rings. The number of fused-ring (bicyclic) bond motifs is 1. The van der Waals surface area contributed by atoms with Gasteiger partial charge in [0.05, 0.1) is 5.39 Å². The maximum atomic E-state index is 12.7. The normalized spacial score (nSPS) is 10.7. The van der Waals surface area contributed by atoms with Gasteiger partial charge >= 0.3 is 5.97 Å². The van der Waals surface area contributed by atoms with Crippen molar-refractivity contribution in [2.75, 3.05) is 6.61 Å². The van der Waals surface area contributed by atoms with Crippen LogP contribution in [0.2, 0.25) is 0 Å². The molecule has 0 bridgehead atoms. The molecule has 3 aromatic rings. The molecule has 0 radical (unpaired) electrons. The van der Waals surface area contributed by atoms with Crippen molar-refractivity contribution < 1.29 is 14.3 Å². The van der Waals surface area contributed by atoms with E-state index in [9.17, 15) is 14.4 Å². The van der Waals surface area contributed by atoms with Crippen LogP contribution in [0, 0.1) is 0 Å². The van der Waals surface area contributed by atoms with Crippen LogP contribution in [0.4, 0.5) is 0 Å². The predicted molar refractivity (Wildman–Crippen MR) is 114 cm³/mol. The summed E-state index contributed by atoms with van der Waals surface area (Å²) in [5, 5.41) is 7.77. The summed E-state index contributed by atoms with van der Waals surface area (Å²) in [7, 11) is 0. The second-order valence-electron chi connectivity index (χ2n) is 6.97. The Hall–Kier alpha value is -3.48.